The maximum Gasteiger partial charge on any atom is 0.272 e. The van der Waals surface area contributed by atoms with Gasteiger partial charge in [0.05, 0.1) is 0 Å². The summed E-state index contributed by atoms with van der Waals surface area (Å²) in [4.78, 5) is 23.2. The lowest BCUT2D eigenvalue weighted by Gasteiger charge is -2.06. The van der Waals surface area contributed by atoms with Crippen LogP contribution < -0.4 is 10.6 Å². The van der Waals surface area contributed by atoms with Crippen molar-refractivity contribution in [1.82, 2.24) is 15.1 Å². The number of aromatic nitrogens is 2. The van der Waals surface area contributed by atoms with Crippen molar-refractivity contribution in [2.45, 2.75) is 13.8 Å². The number of anilines is 1. The molecule has 1 aromatic heterocycles. The van der Waals surface area contributed by atoms with E-state index in [1.165, 1.54) is 4.68 Å². The molecule has 0 spiro atoms. The number of hydrogen-bond donors (Lipinski definition) is 2. The lowest BCUT2D eigenvalue weighted by Crippen LogP contribution is -2.23. The minimum atomic E-state index is -0.296. The highest BCUT2D eigenvalue weighted by molar-refractivity contribution is 5.95. The van der Waals surface area contributed by atoms with Crippen molar-refractivity contribution in [3.8, 4) is 0 Å². The van der Waals surface area contributed by atoms with Crippen LogP contribution in [0.3, 0.4) is 0 Å². The van der Waals surface area contributed by atoms with Gasteiger partial charge in [0.25, 0.3) is 5.91 Å². The molecular formula is C12H18N4O2. The number of rotatable bonds is 5. The zero-order valence-corrected chi connectivity index (χ0v) is 10.9. The molecule has 1 rings (SSSR count). The van der Waals surface area contributed by atoms with Gasteiger partial charge in [-0.2, -0.15) is 5.10 Å². The van der Waals surface area contributed by atoms with Gasteiger partial charge in [-0.05, 0) is 0 Å². The van der Waals surface area contributed by atoms with Gasteiger partial charge >= 0.3 is 0 Å². The second kappa shape index (κ2) is 6.00. The summed E-state index contributed by atoms with van der Waals surface area (Å²) >= 11 is 0. The van der Waals surface area contributed by atoms with Gasteiger partial charge in [0.1, 0.15) is 5.82 Å². The first-order chi connectivity index (χ1) is 8.45. The fourth-order valence-electron chi connectivity index (χ4n) is 1.22. The summed E-state index contributed by atoms with van der Waals surface area (Å²) in [5, 5.41) is 9.35. The molecule has 6 heteroatoms. The van der Waals surface area contributed by atoms with Gasteiger partial charge in [-0.25, -0.2) is 0 Å². The summed E-state index contributed by atoms with van der Waals surface area (Å²) in [6, 6.07) is 1.54. The van der Waals surface area contributed by atoms with E-state index >= 15 is 0 Å². The van der Waals surface area contributed by atoms with Crippen molar-refractivity contribution in [3.63, 3.8) is 0 Å². The molecule has 0 aliphatic carbocycles. The van der Waals surface area contributed by atoms with E-state index in [0.717, 1.165) is 0 Å². The number of carbonyl (C=O) groups excluding carboxylic acids is 2. The predicted octanol–water partition coefficient (Wildman–Crippen LogP) is 0.930. The summed E-state index contributed by atoms with van der Waals surface area (Å²) in [6.07, 6.45) is 1.59. The molecule has 1 aromatic rings. The van der Waals surface area contributed by atoms with Crippen LogP contribution in [0.25, 0.3) is 0 Å². The summed E-state index contributed by atoms with van der Waals surface area (Å²) < 4.78 is 1.46. The Balaban J connectivity index is 2.78. The van der Waals surface area contributed by atoms with Crippen molar-refractivity contribution in [2.24, 2.45) is 13.0 Å². The molecule has 0 saturated carbocycles. The van der Waals surface area contributed by atoms with Crippen LogP contribution in [0.2, 0.25) is 0 Å². The largest absolute Gasteiger partial charge is 0.347 e. The van der Waals surface area contributed by atoms with Crippen LogP contribution in [-0.2, 0) is 11.8 Å². The Hall–Kier alpha value is -2.11. The van der Waals surface area contributed by atoms with Crippen LogP contribution in [0.1, 0.15) is 24.3 Å². The zero-order valence-electron chi connectivity index (χ0n) is 10.9. The van der Waals surface area contributed by atoms with Crippen molar-refractivity contribution >= 4 is 17.6 Å². The van der Waals surface area contributed by atoms with Gasteiger partial charge in [0.2, 0.25) is 5.91 Å². The maximum absolute atomic E-state index is 11.6. The SMILES string of the molecule is C=CCNC(=O)c1cc(NC(=O)C(C)C)n(C)n1. The van der Waals surface area contributed by atoms with Crippen molar-refractivity contribution in [1.29, 1.82) is 0 Å². The molecule has 1 heterocycles. The normalized spacial score (nSPS) is 10.2. The third-order valence-corrected chi connectivity index (χ3v) is 2.30. The van der Waals surface area contributed by atoms with E-state index in [1.54, 1.807) is 33.0 Å². The third-order valence-electron chi connectivity index (χ3n) is 2.30. The second-order valence-corrected chi connectivity index (χ2v) is 4.18. The van der Waals surface area contributed by atoms with Crippen LogP contribution in [0.15, 0.2) is 18.7 Å². The van der Waals surface area contributed by atoms with Crippen LogP contribution in [0, 0.1) is 5.92 Å². The van der Waals surface area contributed by atoms with E-state index in [4.69, 9.17) is 0 Å². The Morgan fingerprint density at radius 2 is 2.22 bits per heavy atom. The number of amides is 2. The molecule has 6 nitrogen and oxygen atoms in total. The number of carbonyl (C=O) groups is 2. The molecule has 0 aliphatic heterocycles. The predicted molar refractivity (Wildman–Crippen MR) is 69.2 cm³/mol. The molecule has 2 N–H and O–H groups in total. The number of aryl methyl sites for hydroxylation is 1. The highest BCUT2D eigenvalue weighted by Crippen LogP contribution is 2.10. The van der Waals surface area contributed by atoms with E-state index in [2.05, 4.69) is 22.3 Å². The molecule has 0 saturated heterocycles. The summed E-state index contributed by atoms with van der Waals surface area (Å²) in [5.74, 6) is -0.0398. The standard InChI is InChI=1S/C12H18N4O2/c1-5-6-13-12(18)9-7-10(16(4)15-9)14-11(17)8(2)3/h5,7-8H,1,6H2,2-4H3,(H,13,18)(H,14,17). The molecule has 18 heavy (non-hydrogen) atoms. The van der Waals surface area contributed by atoms with E-state index in [0.29, 0.717) is 12.4 Å². The number of nitrogens with zero attached hydrogens (tertiary/aromatic N) is 2. The molecule has 0 aliphatic rings. The molecule has 0 unspecified atom stereocenters. The first-order valence-corrected chi connectivity index (χ1v) is 5.69. The Kier molecular flexibility index (Phi) is 4.65. The highest BCUT2D eigenvalue weighted by Gasteiger charge is 2.14. The average molecular weight is 250 g/mol. The summed E-state index contributed by atoms with van der Waals surface area (Å²) in [7, 11) is 1.67. The van der Waals surface area contributed by atoms with E-state index < -0.39 is 0 Å². The Morgan fingerprint density at radius 3 is 2.78 bits per heavy atom. The fraction of sp³-hybridized carbons (Fsp3) is 0.417. The van der Waals surface area contributed by atoms with E-state index in [9.17, 15) is 9.59 Å². The number of nitrogens with one attached hydrogen (secondary N) is 2. The molecule has 0 fully saturated rings. The minimum Gasteiger partial charge on any atom is -0.347 e. The van der Waals surface area contributed by atoms with Crippen LogP contribution in [0.5, 0.6) is 0 Å². The minimum absolute atomic E-state index is 0.115. The Bertz CT molecular complexity index is 463. The lowest BCUT2D eigenvalue weighted by molar-refractivity contribution is -0.118. The van der Waals surface area contributed by atoms with Crippen molar-refractivity contribution in [3.05, 3.63) is 24.4 Å². The van der Waals surface area contributed by atoms with E-state index in [-0.39, 0.29) is 23.4 Å². The number of hydrogen-bond acceptors (Lipinski definition) is 3. The molecule has 0 aromatic carbocycles. The van der Waals surface area contributed by atoms with Gasteiger partial charge in [0, 0.05) is 25.6 Å². The van der Waals surface area contributed by atoms with Gasteiger partial charge in [-0.15, -0.1) is 6.58 Å². The monoisotopic (exact) mass is 250 g/mol. The maximum atomic E-state index is 11.6. The smallest absolute Gasteiger partial charge is 0.272 e. The molecule has 0 radical (unpaired) electrons. The van der Waals surface area contributed by atoms with Crippen molar-refractivity contribution < 1.29 is 9.59 Å². The third kappa shape index (κ3) is 3.44. The zero-order chi connectivity index (χ0) is 13.7. The van der Waals surface area contributed by atoms with Crippen LogP contribution >= 0.6 is 0 Å². The van der Waals surface area contributed by atoms with Crippen LogP contribution in [-0.4, -0.2) is 28.1 Å². The van der Waals surface area contributed by atoms with Crippen molar-refractivity contribution in [2.75, 3.05) is 11.9 Å². The molecule has 2 amide bonds. The summed E-state index contributed by atoms with van der Waals surface area (Å²) in [6.45, 7) is 7.48. The lowest BCUT2D eigenvalue weighted by atomic mass is 10.2. The Labute approximate surface area is 106 Å². The molecule has 98 valence electrons. The van der Waals surface area contributed by atoms with Gasteiger partial charge in [-0.3, -0.25) is 14.3 Å². The first kappa shape index (κ1) is 14.0. The molecule has 0 bridgehead atoms. The average Bonchev–Trinajstić information content (AvgIpc) is 2.67. The van der Waals surface area contributed by atoms with Gasteiger partial charge < -0.3 is 10.6 Å². The van der Waals surface area contributed by atoms with Gasteiger partial charge in [0.15, 0.2) is 5.69 Å². The van der Waals surface area contributed by atoms with Gasteiger partial charge in [-0.1, -0.05) is 19.9 Å². The second-order valence-electron chi connectivity index (χ2n) is 4.18. The van der Waals surface area contributed by atoms with Crippen LogP contribution in [0.4, 0.5) is 5.82 Å². The summed E-state index contributed by atoms with van der Waals surface area (Å²) in [5.41, 5.74) is 0.262. The fourth-order valence-corrected chi connectivity index (χ4v) is 1.22. The highest BCUT2D eigenvalue weighted by atomic mass is 16.2. The molecule has 0 atom stereocenters. The topological polar surface area (TPSA) is 76.0 Å². The Morgan fingerprint density at radius 1 is 1.56 bits per heavy atom. The molecular weight excluding hydrogens is 232 g/mol. The van der Waals surface area contributed by atoms with E-state index in [1.807, 2.05) is 0 Å². The first-order valence-electron chi connectivity index (χ1n) is 5.69. The quantitative estimate of drug-likeness (QED) is 0.763.